The van der Waals surface area contributed by atoms with E-state index in [1.807, 2.05) is 29.7 Å². The second kappa shape index (κ2) is 5.48. The summed E-state index contributed by atoms with van der Waals surface area (Å²) in [5.74, 6) is -0.407. The summed E-state index contributed by atoms with van der Waals surface area (Å²) in [6.45, 7) is 7.13. The fraction of sp³-hybridized carbons (Fsp3) is 0.500. The lowest BCUT2D eigenvalue weighted by Crippen LogP contribution is -3.11. The zero-order valence-electron chi connectivity index (χ0n) is 12.6. The summed E-state index contributed by atoms with van der Waals surface area (Å²) in [5, 5.41) is 11.4. The number of nitrogens with one attached hydrogen (secondary N) is 1. The van der Waals surface area contributed by atoms with Crippen molar-refractivity contribution in [2.75, 3.05) is 13.1 Å². The van der Waals surface area contributed by atoms with E-state index in [2.05, 4.69) is 11.9 Å². The summed E-state index contributed by atoms with van der Waals surface area (Å²) in [4.78, 5) is 17.0. The highest BCUT2D eigenvalue weighted by molar-refractivity contribution is 5.86. The molecule has 1 N–H and O–H groups in total. The average Bonchev–Trinajstić information content (AvgIpc) is 2.79. The molecule has 0 atom stereocenters. The molecule has 0 saturated carbocycles. The molecule has 1 saturated heterocycles. The van der Waals surface area contributed by atoms with Gasteiger partial charge in [0, 0.05) is 6.20 Å². The third-order valence-corrected chi connectivity index (χ3v) is 4.47. The lowest BCUT2D eigenvalue weighted by Gasteiger charge is -2.27. The molecule has 5 nitrogen and oxygen atoms in total. The van der Waals surface area contributed by atoms with E-state index in [1.165, 1.54) is 17.7 Å². The van der Waals surface area contributed by atoms with Crippen LogP contribution in [0.25, 0.3) is 5.65 Å². The van der Waals surface area contributed by atoms with Crippen molar-refractivity contribution in [2.24, 2.45) is 5.92 Å². The topological polar surface area (TPSA) is 61.9 Å². The van der Waals surface area contributed by atoms with Crippen LogP contribution in [0.15, 0.2) is 18.3 Å². The smallest absolute Gasteiger partial charge is 0.138 e. The maximum Gasteiger partial charge on any atom is 0.138 e. The molecule has 1 aliphatic rings. The SMILES string of the molecule is Cc1ccn2c(C[NH+]3CCC(C)CC3)c(C(=O)[O-])nc2c1. The van der Waals surface area contributed by atoms with E-state index in [0.717, 1.165) is 30.3 Å². The van der Waals surface area contributed by atoms with Crippen LogP contribution in [0, 0.1) is 12.8 Å². The second-order valence-corrected chi connectivity index (χ2v) is 6.24. The normalized spacial score (nSPS) is 22.6. The van der Waals surface area contributed by atoms with Crippen molar-refractivity contribution in [2.45, 2.75) is 33.2 Å². The maximum absolute atomic E-state index is 11.4. The number of carbonyl (C=O) groups is 1. The number of likely N-dealkylation sites (tertiary alicyclic amines) is 1. The average molecular weight is 287 g/mol. The van der Waals surface area contributed by atoms with Crippen LogP contribution in [0.2, 0.25) is 0 Å². The molecular weight excluding hydrogens is 266 g/mol. The molecule has 112 valence electrons. The van der Waals surface area contributed by atoms with Crippen LogP contribution in [-0.2, 0) is 6.54 Å². The molecule has 1 fully saturated rings. The Bertz CT molecular complexity index is 669. The molecule has 0 radical (unpaired) electrons. The number of fused-ring (bicyclic) bond motifs is 1. The van der Waals surface area contributed by atoms with Crippen LogP contribution in [0.4, 0.5) is 0 Å². The molecular formula is C16H21N3O2. The number of pyridine rings is 1. The first kappa shape index (κ1) is 14.1. The molecule has 2 aromatic heterocycles. The first-order chi connectivity index (χ1) is 10.0. The summed E-state index contributed by atoms with van der Waals surface area (Å²) in [6, 6.07) is 3.88. The Morgan fingerprint density at radius 1 is 1.48 bits per heavy atom. The van der Waals surface area contributed by atoms with Crippen LogP contribution < -0.4 is 10.0 Å². The second-order valence-electron chi connectivity index (χ2n) is 6.24. The molecule has 0 unspecified atom stereocenters. The van der Waals surface area contributed by atoms with E-state index in [1.54, 1.807) is 0 Å². The Kier molecular flexibility index (Phi) is 3.68. The minimum absolute atomic E-state index is 0.0896. The van der Waals surface area contributed by atoms with Crippen LogP contribution in [0.5, 0.6) is 0 Å². The first-order valence-corrected chi connectivity index (χ1v) is 7.57. The Morgan fingerprint density at radius 2 is 2.19 bits per heavy atom. The van der Waals surface area contributed by atoms with E-state index in [0.29, 0.717) is 12.2 Å². The van der Waals surface area contributed by atoms with E-state index >= 15 is 0 Å². The number of hydrogen-bond acceptors (Lipinski definition) is 3. The van der Waals surface area contributed by atoms with Crippen LogP contribution >= 0.6 is 0 Å². The minimum Gasteiger partial charge on any atom is -0.543 e. The molecule has 3 heterocycles. The molecule has 5 heteroatoms. The number of carboxylic acid groups (broad SMARTS) is 1. The van der Waals surface area contributed by atoms with Gasteiger partial charge in [-0.3, -0.25) is 4.40 Å². The summed E-state index contributed by atoms with van der Waals surface area (Å²) >= 11 is 0. The first-order valence-electron chi connectivity index (χ1n) is 7.57. The van der Waals surface area contributed by atoms with Crippen LogP contribution in [-0.4, -0.2) is 28.4 Å². The zero-order valence-corrected chi connectivity index (χ0v) is 12.6. The third kappa shape index (κ3) is 2.78. The number of hydrogen-bond donors (Lipinski definition) is 1. The Labute approximate surface area is 124 Å². The van der Waals surface area contributed by atoms with Gasteiger partial charge < -0.3 is 14.8 Å². The zero-order chi connectivity index (χ0) is 15.0. The van der Waals surface area contributed by atoms with Crippen LogP contribution in [0.3, 0.4) is 0 Å². The highest BCUT2D eigenvalue weighted by Crippen LogP contribution is 2.14. The van der Waals surface area contributed by atoms with Gasteiger partial charge >= 0.3 is 0 Å². The summed E-state index contributed by atoms with van der Waals surface area (Å²) < 4.78 is 1.89. The van der Waals surface area contributed by atoms with Crippen molar-refractivity contribution in [3.05, 3.63) is 35.3 Å². The van der Waals surface area contributed by atoms with Crippen molar-refractivity contribution in [1.82, 2.24) is 9.38 Å². The molecule has 1 aliphatic heterocycles. The van der Waals surface area contributed by atoms with Gasteiger partial charge in [0.15, 0.2) is 0 Å². The van der Waals surface area contributed by atoms with Gasteiger partial charge in [0.05, 0.1) is 19.1 Å². The predicted molar refractivity (Wildman–Crippen MR) is 77.1 cm³/mol. The van der Waals surface area contributed by atoms with Crippen molar-refractivity contribution >= 4 is 11.6 Å². The number of carboxylic acids is 1. The van der Waals surface area contributed by atoms with Crippen LogP contribution in [0.1, 0.15) is 41.5 Å². The number of aromatic nitrogens is 2. The van der Waals surface area contributed by atoms with E-state index in [9.17, 15) is 9.90 Å². The molecule has 0 aromatic carbocycles. The van der Waals surface area contributed by atoms with Gasteiger partial charge in [-0.2, -0.15) is 0 Å². The highest BCUT2D eigenvalue weighted by Gasteiger charge is 2.23. The molecule has 3 rings (SSSR count). The number of piperidine rings is 1. The van der Waals surface area contributed by atoms with Gasteiger partial charge in [-0.25, -0.2) is 4.98 Å². The number of aryl methyl sites for hydroxylation is 1. The van der Waals surface area contributed by atoms with Crippen molar-refractivity contribution in [3.63, 3.8) is 0 Å². The fourth-order valence-electron chi connectivity index (χ4n) is 3.11. The Balaban J connectivity index is 1.95. The largest absolute Gasteiger partial charge is 0.543 e. The number of quaternary nitrogens is 1. The minimum atomic E-state index is -1.18. The number of nitrogens with zero attached hydrogens (tertiary/aromatic N) is 2. The van der Waals surface area contributed by atoms with Crippen molar-refractivity contribution < 1.29 is 14.8 Å². The number of rotatable bonds is 3. The van der Waals surface area contributed by atoms with Gasteiger partial charge in [-0.1, -0.05) is 6.92 Å². The fourth-order valence-corrected chi connectivity index (χ4v) is 3.11. The molecule has 0 bridgehead atoms. The quantitative estimate of drug-likeness (QED) is 0.852. The van der Waals surface area contributed by atoms with E-state index in [4.69, 9.17) is 0 Å². The molecule has 0 amide bonds. The van der Waals surface area contributed by atoms with E-state index < -0.39 is 5.97 Å². The Hall–Kier alpha value is -1.88. The number of imidazole rings is 1. The van der Waals surface area contributed by atoms with Gasteiger partial charge in [-0.05, 0) is 43.4 Å². The van der Waals surface area contributed by atoms with E-state index in [-0.39, 0.29) is 5.69 Å². The predicted octanol–water partition coefficient (Wildman–Crippen LogP) is -0.179. The standard InChI is InChI=1S/C16H21N3O2/c1-11-3-6-18(7-4-11)10-13-15(16(20)21)17-14-9-12(2)5-8-19(13)14/h5,8-9,11H,3-4,6-7,10H2,1-2H3,(H,20,21). The molecule has 0 aliphatic carbocycles. The molecule has 21 heavy (non-hydrogen) atoms. The van der Waals surface area contributed by atoms with Crippen molar-refractivity contribution in [1.29, 1.82) is 0 Å². The lowest BCUT2D eigenvalue weighted by molar-refractivity contribution is -0.920. The molecule has 0 spiro atoms. The Morgan fingerprint density at radius 3 is 2.86 bits per heavy atom. The van der Waals surface area contributed by atoms with Gasteiger partial charge in [0.2, 0.25) is 0 Å². The monoisotopic (exact) mass is 287 g/mol. The summed E-state index contributed by atoms with van der Waals surface area (Å²) in [6.07, 6.45) is 4.31. The molecule has 2 aromatic rings. The van der Waals surface area contributed by atoms with Gasteiger partial charge in [0.25, 0.3) is 0 Å². The van der Waals surface area contributed by atoms with Crippen molar-refractivity contribution in [3.8, 4) is 0 Å². The third-order valence-electron chi connectivity index (χ3n) is 4.47. The highest BCUT2D eigenvalue weighted by atomic mass is 16.4. The lowest BCUT2D eigenvalue weighted by atomic mass is 9.99. The van der Waals surface area contributed by atoms with Gasteiger partial charge in [0.1, 0.15) is 23.6 Å². The number of aromatic carboxylic acids is 1. The summed E-state index contributed by atoms with van der Waals surface area (Å²) in [7, 11) is 0. The number of carbonyl (C=O) groups excluding carboxylic acids is 1. The summed E-state index contributed by atoms with van der Waals surface area (Å²) in [5.41, 5.74) is 2.61. The van der Waals surface area contributed by atoms with Gasteiger partial charge in [-0.15, -0.1) is 0 Å². The maximum atomic E-state index is 11.4.